The van der Waals surface area contributed by atoms with Crippen molar-refractivity contribution >= 4 is 21.6 Å². The smallest absolute Gasteiger partial charge is 0.244 e. The fourth-order valence-electron chi connectivity index (χ4n) is 3.43. The van der Waals surface area contributed by atoms with Gasteiger partial charge in [0.25, 0.3) is 0 Å². The summed E-state index contributed by atoms with van der Waals surface area (Å²) in [5.41, 5.74) is 2.50. The Morgan fingerprint density at radius 2 is 1.93 bits per heavy atom. The van der Waals surface area contributed by atoms with Gasteiger partial charge in [-0.1, -0.05) is 12.1 Å². The van der Waals surface area contributed by atoms with E-state index in [0.29, 0.717) is 31.6 Å². The van der Waals surface area contributed by atoms with Crippen LogP contribution in [0.15, 0.2) is 66.0 Å². The molecule has 1 aromatic carbocycles. The Morgan fingerprint density at radius 1 is 1.10 bits per heavy atom. The topological polar surface area (TPSA) is 108 Å². The Hall–Kier alpha value is -3.04. The first-order chi connectivity index (χ1) is 14.0. The molecular weight excluding hydrogens is 390 g/mol. The third-order valence-electron chi connectivity index (χ3n) is 5.04. The van der Waals surface area contributed by atoms with Gasteiger partial charge >= 0.3 is 0 Å². The fourth-order valence-corrected chi connectivity index (χ4v) is 4.87. The molecule has 29 heavy (non-hydrogen) atoms. The van der Waals surface area contributed by atoms with Crippen molar-refractivity contribution in [3.63, 3.8) is 0 Å². The van der Waals surface area contributed by atoms with E-state index in [1.54, 1.807) is 12.3 Å². The number of aromatic nitrogens is 3. The van der Waals surface area contributed by atoms with E-state index in [2.05, 4.69) is 20.5 Å². The minimum absolute atomic E-state index is 0.0924. The number of carbonyl (C=O) groups is 1. The maximum absolute atomic E-state index is 12.7. The number of piperidine rings is 1. The lowest BCUT2D eigenvalue weighted by molar-refractivity contribution is -0.120. The van der Waals surface area contributed by atoms with Crippen molar-refractivity contribution in [1.82, 2.24) is 19.5 Å². The lowest BCUT2D eigenvalue weighted by atomic mass is 9.97. The fraction of sp³-hybridized carbons (Fsp3) is 0.250. The summed E-state index contributed by atoms with van der Waals surface area (Å²) in [6.07, 6.45) is 5.52. The molecule has 2 aromatic heterocycles. The van der Waals surface area contributed by atoms with Gasteiger partial charge in [0.15, 0.2) is 0 Å². The summed E-state index contributed by atoms with van der Waals surface area (Å²) < 4.78 is 26.8. The Kier molecular flexibility index (Phi) is 5.41. The zero-order chi connectivity index (χ0) is 20.3. The summed E-state index contributed by atoms with van der Waals surface area (Å²) in [4.78, 5) is 16.7. The molecular formula is C20H21N5O3S. The molecule has 0 saturated carbocycles. The molecule has 1 aliphatic heterocycles. The normalized spacial score (nSPS) is 15.9. The SMILES string of the molecule is O=C(Nc1cccc(-c2ccn[nH]2)c1)C1CCN(S(=O)(=O)c2cccnc2)CC1. The average molecular weight is 411 g/mol. The number of H-pyrrole nitrogens is 1. The Balaban J connectivity index is 1.38. The molecule has 1 saturated heterocycles. The molecule has 1 amide bonds. The number of hydrogen-bond donors (Lipinski definition) is 2. The number of nitrogens with zero attached hydrogens (tertiary/aromatic N) is 3. The van der Waals surface area contributed by atoms with Crippen molar-refractivity contribution in [1.29, 1.82) is 0 Å². The number of hydrogen-bond acceptors (Lipinski definition) is 5. The van der Waals surface area contributed by atoms with Crippen LogP contribution in [0.3, 0.4) is 0 Å². The highest BCUT2D eigenvalue weighted by Gasteiger charge is 2.32. The molecule has 150 valence electrons. The average Bonchev–Trinajstić information content (AvgIpc) is 3.30. The van der Waals surface area contributed by atoms with E-state index in [0.717, 1.165) is 11.3 Å². The molecule has 1 aliphatic rings. The second-order valence-corrected chi connectivity index (χ2v) is 8.85. The predicted molar refractivity (Wildman–Crippen MR) is 108 cm³/mol. The predicted octanol–water partition coefficient (Wildman–Crippen LogP) is 2.51. The van der Waals surface area contributed by atoms with Crippen molar-refractivity contribution < 1.29 is 13.2 Å². The first kappa shape index (κ1) is 19.3. The summed E-state index contributed by atoms with van der Waals surface area (Å²) >= 11 is 0. The van der Waals surface area contributed by atoms with E-state index in [4.69, 9.17) is 0 Å². The van der Waals surface area contributed by atoms with Gasteiger partial charge in [-0.2, -0.15) is 9.40 Å². The quantitative estimate of drug-likeness (QED) is 0.671. The molecule has 9 heteroatoms. The van der Waals surface area contributed by atoms with Crippen molar-refractivity contribution in [3.05, 3.63) is 61.1 Å². The van der Waals surface area contributed by atoms with Gasteiger partial charge in [-0.25, -0.2) is 8.42 Å². The number of rotatable bonds is 5. The van der Waals surface area contributed by atoms with Gasteiger partial charge in [-0.3, -0.25) is 14.9 Å². The highest BCUT2D eigenvalue weighted by molar-refractivity contribution is 7.89. The number of benzene rings is 1. The van der Waals surface area contributed by atoms with Gasteiger partial charge < -0.3 is 5.32 Å². The summed E-state index contributed by atoms with van der Waals surface area (Å²) in [6, 6.07) is 12.5. The molecule has 0 radical (unpaired) electrons. The molecule has 0 spiro atoms. The van der Waals surface area contributed by atoms with E-state index in [-0.39, 0.29) is 16.7 Å². The summed E-state index contributed by atoms with van der Waals surface area (Å²) in [5, 5.41) is 9.79. The van der Waals surface area contributed by atoms with E-state index in [1.165, 1.54) is 22.8 Å². The summed E-state index contributed by atoms with van der Waals surface area (Å²) in [6.45, 7) is 0.618. The summed E-state index contributed by atoms with van der Waals surface area (Å²) in [5.74, 6) is -0.323. The van der Waals surface area contributed by atoms with Crippen LogP contribution >= 0.6 is 0 Å². The molecule has 8 nitrogen and oxygen atoms in total. The van der Waals surface area contributed by atoms with Gasteiger partial charge in [-0.15, -0.1) is 0 Å². The van der Waals surface area contributed by atoms with Crippen molar-refractivity contribution in [2.75, 3.05) is 18.4 Å². The van der Waals surface area contributed by atoms with Crippen LogP contribution < -0.4 is 5.32 Å². The van der Waals surface area contributed by atoms with Crippen molar-refractivity contribution in [2.45, 2.75) is 17.7 Å². The van der Waals surface area contributed by atoms with Crippen LogP contribution in [0.25, 0.3) is 11.3 Å². The monoisotopic (exact) mass is 411 g/mol. The van der Waals surface area contributed by atoms with E-state index < -0.39 is 10.0 Å². The minimum Gasteiger partial charge on any atom is -0.326 e. The van der Waals surface area contributed by atoms with Gasteiger partial charge in [0.05, 0.1) is 5.69 Å². The van der Waals surface area contributed by atoms with Gasteiger partial charge in [0.1, 0.15) is 4.90 Å². The van der Waals surface area contributed by atoms with Crippen LogP contribution in [-0.2, 0) is 14.8 Å². The van der Waals surface area contributed by atoms with E-state index in [1.807, 2.05) is 30.3 Å². The first-order valence-electron chi connectivity index (χ1n) is 9.35. The maximum Gasteiger partial charge on any atom is 0.244 e. The molecule has 0 aliphatic carbocycles. The van der Waals surface area contributed by atoms with Crippen LogP contribution in [0.2, 0.25) is 0 Å². The number of anilines is 1. The second kappa shape index (κ2) is 8.14. The lowest BCUT2D eigenvalue weighted by Crippen LogP contribution is -2.41. The zero-order valence-electron chi connectivity index (χ0n) is 15.7. The second-order valence-electron chi connectivity index (χ2n) is 6.91. The highest BCUT2D eigenvalue weighted by atomic mass is 32.2. The molecule has 0 unspecified atom stereocenters. The molecule has 3 heterocycles. The van der Waals surface area contributed by atoms with Crippen molar-refractivity contribution in [2.24, 2.45) is 5.92 Å². The standard InChI is InChI=1S/C20H21N5O3S/c26-20(23-17-4-1-3-16(13-17)19-6-10-22-24-19)15-7-11-25(12-8-15)29(27,28)18-5-2-9-21-14-18/h1-6,9-10,13-15H,7-8,11-12H2,(H,22,24)(H,23,26). The van der Waals surface area contributed by atoms with E-state index in [9.17, 15) is 13.2 Å². The zero-order valence-corrected chi connectivity index (χ0v) is 16.5. The third-order valence-corrected chi connectivity index (χ3v) is 6.92. The third kappa shape index (κ3) is 4.20. The molecule has 0 atom stereocenters. The van der Waals surface area contributed by atoms with Gasteiger partial charge in [-0.05, 0) is 43.2 Å². The largest absolute Gasteiger partial charge is 0.326 e. The maximum atomic E-state index is 12.7. The van der Waals surface area contributed by atoms with Gasteiger partial charge in [0, 0.05) is 48.8 Å². The van der Waals surface area contributed by atoms with Crippen LogP contribution in [-0.4, -0.2) is 46.9 Å². The minimum atomic E-state index is -3.57. The van der Waals surface area contributed by atoms with E-state index >= 15 is 0 Å². The molecule has 0 bridgehead atoms. The number of nitrogens with one attached hydrogen (secondary N) is 2. The molecule has 1 fully saturated rings. The van der Waals surface area contributed by atoms with Gasteiger partial charge in [0.2, 0.25) is 15.9 Å². The number of aromatic amines is 1. The Labute approximate surface area is 169 Å². The Bertz CT molecular complexity index is 1080. The molecule has 3 aromatic rings. The molecule has 4 rings (SSSR count). The number of carbonyl (C=O) groups excluding carboxylic acids is 1. The number of pyridine rings is 1. The highest BCUT2D eigenvalue weighted by Crippen LogP contribution is 2.25. The number of amides is 1. The lowest BCUT2D eigenvalue weighted by Gasteiger charge is -2.30. The van der Waals surface area contributed by atoms with Crippen molar-refractivity contribution in [3.8, 4) is 11.3 Å². The van der Waals surface area contributed by atoms with Crippen LogP contribution in [0.4, 0.5) is 5.69 Å². The first-order valence-corrected chi connectivity index (χ1v) is 10.8. The Morgan fingerprint density at radius 3 is 2.62 bits per heavy atom. The number of sulfonamides is 1. The van der Waals surface area contributed by atoms with Crippen LogP contribution in [0.1, 0.15) is 12.8 Å². The molecule has 2 N–H and O–H groups in total. The van der Waals surface area contributed by atoms with Crippen LogP contribution in [0, 0.1) is 5.92 Å². The van der Waals surface area contributed by atoms with Crippen LogP contribution in [0.5, 0.6) is 0 Å². The summed E-state index contributed by atoms with van der Waals surface area (Å²) in [7, 11) is -3.57.